The number of ether oxygens (including phenoxy) is 1. The molecule has 0 aliphatic carbocycles. The molecule has 8 heteroatoms. The zero-order chi connectivity index (χ0) is 14.6. The van der Waals surface area contributed by atoms with Crippen molar-refractivity contribution in [2.45, 2.75) is 6.92 Å². The third-order valence-electron chi connectivity index (χ3n) is 2.34. The van der Waals surface area contributed by atoms with Crippen molar-refractivity contribution < 1.29 is 26.7 Å². The van der Waals surface area contributed by atoms with Gasteiger partial charge in [0.05, 0.1) is 18.6 Å². The Hall–Kier alpha value is -1.70. The number of sulfonamides is 1. The molecule has 0 radical (unpaired) electrons. The quantitative estimate of drug-likeness (QED) is 0.768. The van der Waals surface area contributed by atoms with Crippen LogP contribution in [0.15, 0.2) is 18.2 Å². The highest BCUT2D eigenvalue weighted by molar-refractivity contribution is 7.92. The van der Waals surface area contributed by atoms with E-state index in [0.717, 1.165) is 19.2 Å². The molecule has 0 aliphatic rings. The summed E-state index contributed by atoms with van der Waals surface area (Å²) in [5.41, 5.74) is -0.259. The van der Waals surface area contributed by atoms with Crippen molar-refractivity contribution in [2.75, 3.05) is 23.7 Å². The van der Waals surface area contributed by atoms with Crippen LogP contribution in [-0.2, 0) is 19.6 Å². The smallest absolute Gasteiger partial charge is 0.326 e. The predicted molar refractivity (Wildman–Crippen MR) is 65.2 cm³/mol. The van der Waals surface area contributed by atoms with E-state index in [1.807, 2.05) is 0 Å². The molecule has 0 heterocycles. The summed E-state index contributed by atoms with van der Waals surface area (Å²) in [6.07, 6.45) is 0. The SMILES string of the molecule is CCS(=O)(=O)N(CC(=O)OC)c1cc(F)cc(F)c1. The molecule has 19 heavy (non-hydrogen) atoms. The van der Waals surface area contributed by atoms with Gasteiger partial charge in [0.1, 0.15) is 18.2 Å². The summed E-state index contributed by atoms with van der Waals surface area (Å²) < 4.78 is 54.9. The molecule has 0 atom stereocenters. The molecular formula is C11H13F2NO4S. The van der Waals surface area contributed by atoms with E-state index in [1.54, 1.807) is 0 Å². The molecule has 0 unspecified atom stereocenters. The Balaban J connectivity index is 3.27. The maximum Gasteiger partial charge on any atom is 0.326 e. The highest BCUT2D eigenvalue weighted by Crippen LogP contribution is 2.21. The van der Waals surface area contributed by atoms with Crippen LogP contribution < -0.4 is 4.31 Å². The molecule has 0 fully saturated rings. The average Bonchev–Trinajstić information content (AvgIpc) is 2.34. The van der Waals surface area contributed by atoms with Crippen LogP contribution in [0.25, 0.3) is 0 Å². The Morgan fingerprint density at radius 3 is 2.21 bits per heavy atom. The van der Waals surface area contributed by atoms with Crippen molar-refractivity contribution in [2.24, 2.45) is 0 Å². The fraction of sp³-hybridized carbons (Fsp3) is 0.364. The van der Waals surface area contributed by atoms with Gasteiger partial charge in [0, 0.05) is 6.07 Å². The summed E-state index contributed by atoms with van der Waals surface area (Å²) in [7, 11) is -2.76. The number of rotatable bonds is 5. The molecule has 0 saturated heterocycles. The van der Waals surface area contributed by atoms with Crippen molar-refractivity contribution in [1.82, 2.24) is 0 Å². The Labute approximate surface area is 109 Å². The van der Waals surface area contributed by atoms with Crippen LogP contribution >= 0.6 is 0 Å². The van der Waals surface area contributed by atoms with Crippen molar-refractivity contribution >= 4 is 21.7 Å². The Morgan fingerprint density at radius 2 is 1.79 bits per heavy atom. The highest BCUT2D eigenvalue weighted by atomic mass is 32.2. The summed E-state index contributed by atoms with van der Waals surface area (Å²) in [5, 5.41) is 0. The first-order valence-corrected chi connectivity index (χ1v) is 6.94. The van der Waals surface area contributed by atoms with Crippen molar-refractivity contribution in [3.05, 3.63) is 29.8 Å². The molecule has 1 aromatic carbocycles. The van der Waals surface area contributed by atoms with Crippen molar-refractivity contribution in [3.8, 4) is 0 Å². The number of anilines is 1. The lowest BCUT2D eigenvalue weighted by atomic mass is 10.3. The second-order valence-electron chi connectivity index (χ2n) is 3.61. The third kappa shape index (κ3) is 3.88. The predicted octanol–water partition coefficient (Wildman–Crippen LogP) is 1.29. The highest BCUT2D eigenvalue weighted by Gasteiger charge is 2.24. The topological polar surface area (TPSA) is 63.7 Å². The monoisotopic (exact) mass is 293 g/mol. The van der Waals surface area contributed by atoms with E-state index in [-0.39, 0.29) is 11.4 Å². The number of hydrogen-bond donors (Lipinski definition) is 0. The number of nitrogens with zero attached hydrogens (tertiary/aromatic N) is 1. The van der Waals surface area contributed by atoms with E-state index in [1.165, 1.54) is 6.92 Å². The normalized spacial score (nSPS) is 11.2. The van der Waals surface area contributed by atoms with E-state index < -0.39 is 34.2 Å². The standard InChI is InChI=1S/C11H13F2NO4S/c1-3-19(16,17)14(7-11(15)18-2)10-5-8(12)4-9(13)6-10/h4-6H,3,7H2,1-2H3. The maximum atomic E-state index is 13.1. The zero-order valence-electron chi connectivity index (χ0n) is 10.4. The summed E-state index contributed by atoms with van der Waals surface area (Å²) in [5.74, 6) is -3.02. The molecule has 1 rings (SSSR count). The number of esters is 1. The van der Waals surface area contributed by atoms with E-state index in [9.17, 15) is 22.0 Å². The van der Waals surface area contributed by atoms with Gasteiger partial charge in [-0.05, 0) is 19.1 Å². The molecule has 0 amide bonds. The number of carbonyl (C=O) groups is 1. The Kier molecular flexibility index (Phi) is 4.82. The van der Waals surface area contributed by atoms with Gasteiger partial charge in [-0.25, -0.2) is 17.2 Å². The Morgan fingerprint density at radius 1 is 1.26 bits per heavy atom. The van der Waals surface area contributed by atoms with Crippen molar-refractivity contribution in [1.29, 1.82) is 0 Å². The first-order valence-electron chi connectivity index (χ1n) is 5.33. The van der Waals surface area contributed by atoms with Crippen LogP contribution in [0.1, 0.15) is 6.92 Å². The second-order valence-corrected chi connectivity index (χ2v) is 5.79. The number of methoxy groups -OCH3 is 1. The fourth-order valence-electron chi connectivity index (χ4n) is 1.37. The van der Waals surface area contributed by atoms with Crippen LogP contribution in [0.5, 0.6) is 0 Å². The molecule has 0 aliphatic heterocycles. The minimum Gasteiger partial charge on any atom is -0.468 e. The summed E-state index contributed by atoms with van der Waals surface area (Å²) in [6.45, 7) is 0.713. The van der Waals surface area contributed by atoms with E-state index in [4.69, 9.17) is 0 Å². The maximum absolute atomic E-state index is 13.1. The van der Waals surface area contributed by atoms with Gasteiger partial charge in [0.25, 0.3) is 0 Å². The van der Waals surface area contributed by atoms with E-state index >= 15 is 0 Å². The first kappa shape index (κ1) is 15.4. The van der Waals surface area contributed by atoms with E-state index in [0.29, 0.717) is 10.4 Å². The summed E-state index contributed by atoms with van der Waals surface area (Å²) in [4.78, 5) is 11.2. The summed E-state index contributed by atoms with van der Waals surface area (Å²) in [6, 6.07) is 2.27. The zero-order valence-corrected chi connectivity index (χ0v) is 11.2. The summed E-state index contributed by atoms with van der Waals surface area (Å²) >= 11 is 0. The minimum atomic E-state index is -3.85. The van der Waals surface area contributed by atoms with Gasteiger partial charge in [0.2, 0.25) is 10.0 Å². The lowest BCUT2D eigenvalue weighted by molar-refractivity contribution is -0.138. The molecule has 0 saturated carbocycles. The molecular weight excluding hydrogens is 280 g/mol. The van der Waals surface area contributed by atoms with Crippen molar-refractivity contribution in [3.63, 3.8) is 0 Å². The van der Waals surface area contributed by atoms with Gasteiger partial charge < -0.3 is 4.74 Å². The number of halogens is 2. The van der Waals surface area contributed by atoms with Gasteiger partial charge in [-0.1, -0.05) is 0 Å². The van der Waals surface area contributed by atoms with E-state index in [2.05, 4.69) is 4.74 Å². The van der Waals surface area contributed by atoms with Crippen LogP contribution in [0, 0.1) is 11.6 Å². The molecule has 0 spiro atoms. The van der Waals surface area contributed by atoms with Gasteiger partial charge in [-0.15, -0.1) is 0 Å². The lowest BCUT2D eigenvalue weighted by Gasteiger charge is -2.22. The number of carbonyl (C=O) groups excluding carboxylic acids is 1. The molecule has 0 bridgehead atoms. The van der Waals surface area contributed by atoms with Crippen LogP contribution in [0.2, 0.25) is 0 Å². The third-order valence-corrected chi connectivity index (χ3v) is 4.08. The number of benzene rings is 1. The van der Waals surface area contributed by atoms with Crippen LogP contribution in [-0.4, -0.2) is 33.8 Å². The number of hydrogen-bond acceptors (Lipinski definition) is 4. The molecule has 1 aromatic rings. The molecule has 0 N–H and O–H groups in total. The van der Waals surface area contributed by atoms with Crippen LogP contribution in [0.3, 0.4) is 0 Å². The van der Waals surface area contributed by atoms with Gasteiger partial charge in [-0.2, -0.15) is 0 Å². The first-order chi connectivity index (χ1) is 8.80. The van der Waals surface area contributed by atoms with Gasteiger partial charge in [-0.3, -0.25) is 9.10 Å². The minimum absolute atomic E-state index is 0.259. The van der Waals surface area contributed by atoms with Gasteiger partial charge >= 0.3 is 5.97 Å². The molecule has 106 valence electrons. The molecule has 0 aromatic heterocycles. The van der Waals surface area contributed by atoms with Gasteiger partial charge in [0.15, 0.2) is 0 Å². The van der Waals surface area contributed by atoms with Crippen LogP contribution in [0.4, 0.5) is 14.5 Å². The average molecular weight is 293 g/mol. The largest absolute Gasteiger partial charge is 0.468 e. The second kappa shape index (κ2) is 5.96. The fourth-order valence-corrected chi connectivity index (χ4v) is 2.41. The Bertz CT molecular complexity index is 554. The lowest BCUT2D eigenvalue weighted by Crippen LogP contribution is -2.37. The molecule has 5 nitrogen and oxygen atoms in total.